The molecule has 0 bridgehead atoms. The topological polar surface area (TPSA) is 38.1 Å². The molecule has 3 nitrogen and oxygen atoms in total. The van der Waals surface area contributed by atoms with E-state index in [0.717, 1.165) is 12.3 Å². The highest BCUT2D eigenvalue weighted by Crippen LogP contribution is 2.21. The predicted octanol–water partition coefficient (Wildman–Crippen LogP) is 1.49. The van der Waals surface area contributed by atoms with Crippen LogP contribution in [0.25, 0.3) is 0 Å². The molecule has 0 amide bonds. The molecule has 1 saturated heterocycles. The zero-order chi connectivity index (χ0) is 7.52. The number of rotatable bonds is 1. The van der Waals surface area contributed by atoms with Crippen molar-refractivity contribution < 1.29 is 4.52 Å². The van der Waals surface area contributed by atoms with Crippen LogP contribution in [0.5, 0.6) is 0 Å². The molecule has 1 N–H and O–H groups in total. The predicted molar refractivity (Wildman–Crippen MR) is 41.1 cm³/mol. The Balaban J connectivity index is 2.04. The number of nitrogens with one attached hydrogen (secondary N) is 1. The molecule has 11 heavy (non-hydrogen) atoms. The third-order valence-electron chi connectivity index (χ3n) is 2.11. The van der Waals surface area contributed by atoms with Crippen molar-refractivity contribution in [2.45, 2.75) is 25.3 Å². The number of hydrogen-bond acceptors (Lipinski definition) is 3. The first-order chi connectivity index (χ1) is 5.47. The van der Waals surface area contributed by atoms with Crippen molar-refractivity contribution in [3.63, 3.8) is 0 Å². The zero-order valence-electron chi connectivity index (χ0n) is 6.42. The smallest absolute Gasteiger partial charge is 0.153 e. The van der Waals surface area contributed by atoms with E-state index in [2.05, 4.69) is 10.5 Å². The van der Waals surface area contributed by atoms with Gasteiger partial charge in [-0.15, -0.1) is 0 Å². The summed E-state index contributed by atoms with van der Waals surface area (Å²) >= 11 is 0. The molecule has 1 aliphatic rings. The van der Waals surface area contributed by atoms with Crippen LogP contribution in [0.15, 0.2) is 16.8 Å². The van der Waals surface area contributed by atoms with Crippen LogP contribution >= 0.6 is 0 Å². The lowest BCUT2D eigenvalue weighted by atomic mass is 10.0. The quantitative estimate of drug-likeness (QED) is 0.662. The second kappa shape index (κ2) is 3.05. The number of hydrogen-bond donors (Lipinski definition) is 1. The highest BCUT2D eigenvalue weighted by atomic mass is 16.5. The minimum atomic E-state index is 0.409. The van der Waals surface area contributed by atoms with E-state index in [9.17, 15) is 0 Å². The maximum Gasteiger partial charge on any atom is 0.153 e. The Hall–Kier alpha value is -0.830. The maximum atomic E-state index is 5.06. The molecular formula is C8H12N2O. The second-order valence-corrected chi connectivity index (χ2v) is 2.92. The van der Waals surface area contributed by atoms with Gasteiger partial charge in [-0.3, -0.25) is 0 Å². The Morgan fingerprint density at radius 1 is 1.55 bits per heavy atom. The molecule has 0 unspecified atom stereocenters. The third-order valence-corrected chi connectivity index (χ3v) is 2.11. The van der Waals surface area contributed by atoms with E-state index in [-0.39, 0.29) is 0 Å². The van der Waals surface area contributed by atoms with Crippen LogP contribution in [0.4, 0.5) is 0 Å². The van der Waals surface area contributed by atoms with Crippen LogP contribution in [0, 0.1) is 0 Å². The summed E-state index contributed by atoms with van der Waals surface area (Å²) in [6, 6.07) is 2.34. The molecule has 60 valence electrons. The van der Waals surface area contributed by atoms with E-state index in [1.165, 1.54) is 19.3 Å². The molecule has 2 heterocycles. The summed E-state index contributed by atoms with van der Waals surface area (Å²) in [7, 11) is 0. The van der Waals surface area contributed by atoms with E-state index in [1.54, 1.807) is 6.20 Å². The van der Waals surface area contributed by atoms with Gasteiger partial charge in [0, 0.05) is 6.07 Å². The Kier molecular flexibility index (Phi) is 1.90. The van der Waals surface area contributed by atoms with Gasteiger partial charge in [-0.1, -0.05) is 11.6 Å². The van der Waals surface area contributed by atoms with Gasteiger partial charge in [-0.25, -0.2) is 0 Å². The standard InChI is InChI=1S/C8H12N2O/c1-2-5-9-7(3-1)8-4-6-10-11-8/h4,6-7,9H,1-3,5H2/t7-/m1/s1. The fraction of sp³-hybridized carbons (Fsp3) is 0.625. The molecule has 0 spiro atoms. The van der Waals surface area contributed by atoms with E-state index in [0.29, 0.717) is 6.04 Å². The van der Waals surface area contributed by atoms with Gasteiger partial charge in [0.2, 0.25) is 0 Å². The van der Waals surface area contributed by atoms with Gasteiger partial charge in [-0.05, 0) is 19.4 Å². The fourth-order valence-electron chi connectivity index (χ4n) is 1.50. The lowest BCUT2D eigenvalue weighted by Gasteiger charge is -2.20. The SMILES string of the molecule is c1cc([C@H]2CCCCN2)on1. The van der Waals surface area contributed by atoms with E-state index < -0.39 is 0 Å². The Morgan fingerprint density at radius 3 is 3.18 bits per heavy atom. The summed E-state index contributed by atoms with van der Waals surface area (Å²) in [5.74, 6) is 0.977. The van der Waals surface area contributed by atoms with E-state index >= 15 is 0 Å². The van der Waals surface area contributed by atoms with Crippen LogP contribution in [-0.2, 0) is 0 Å². The molecule has 1 atom stereocenters. The third kappa shape index (κ3) is 1.43. The average Bonchev–Trinajstić information content (AvgIpc) is 2.58. The summed E-state index contributed by atoms with van der Waals surface area (Å²) < 4.78 is 5.06. The normalized spacial score (nSPS) is 25.3. The molecule has 1 aliphatic heterocycles. The summed E-state index contributed by atoms with van der Waals surface area (Å²) in [6.45, 7) is 1.10. The summed E-state index contributed by atoms with van der Waals surface area (Å²) in [6.07, 6.45) is 5.45. The monoisotopic (exact) mass is 152 g/mol. The number of aromatic nitrogens is 1. The Bertz CT molecular complexity index is 202. The first-order valence-corrected chi connectivity index (χ1v) is 4.11. The highest BCUT2D eigenvalue weighted by Gasteiger charge is 2.16. The molecular weight excluding hydrogens is 140 g/mol. The molecule has 1 fully saturated rings. The molecule has 1 aromatic rings. The van der Waals surface area contributed by atoms with Gasteiger partial charge >= 0.3 is 0 Å². The fourth-order valence-corrected chi connectivity index (χ4v) is 1.50. The Labute approximate surface area is 65.8 Å². The lowest BCUT2D eigenvalue weighted by molar-refractivity contribution is 0.305. The summed E-state index contributed by atoms with van der Waals surface area (Å²) in [5.41, 5.74) is 0. The van der Waals surface area contributed by atoms with Crippen molar-refractivity contribution in [3.8, 4) is 0 Å². The van der Waals surface area contributed by atoms with Crippen LogP contribution < -0.4 is 5.32 Å². The first-order valence-electron chi connectivity index (χ1n) is 4.11. The molecule has 3 heteroatoms. The molecule has 0 saturated carbocycles. The van der Waals surface area contributed by atoms with Crippen LogP contribution in [-0.4, -0.2) is 11.7 Å². The molecule has 0 radical (unpaired) electrons. The van der Waals surface area contributed by atoms with Crippen molar-refractivity contribution >= 4 is 0 Å². The summed E-state index contributed by atoms with van der Waals surface area (Å²) in [5, 5.41) is 7.07. The molecule has 2 rings (SSSR count). The minimum absolute atomic E-state index is 0.409. The number of piperidine rings is 1. The second-order valence-electron chi connectivity index (χ2n) is 2.92. The van der Waals surface area contributed by atoms with Gasteiger partial charge in [-0.2, -0.15) is 0 Å². The summed E-state index contributed by atoms with van der Waals surface area (Å²) in [4.78, 5) is 0. The lowest BCUT2D eigenvalue weighted by Crippen LogP contribution is -2.26. The van der Waals surface area contributed by atoms with Gasteiger partial charge in [0.05, 0.1) is 12.2 Å². The highest BCUT2D eigenvalue weighted by molar-refractivity contribution is 5.01. The Morgan fingerprint density at radius 2 is 2.55 bits per heavy atom. The van der Waals surface area contributed by atoms with Gasteiger partial charge < -0.3 is 9.84 Å². The van der Waals surface area contributed by atoms with Crippen molar-refractivity contribution in [2.75, 3.05) is 6.54 Å². The van der Waals surface area contributed by atoms with Gasteiger partial charge in [0.15, 0.2) is 5.76 Å². The van der Waals surface area contributed by atoms with Crippen LogP contribution in [0.2, 0.25) is 0 Å². The molecule has 1 aromatic heterocycles. The van der Waals surface area contributed by atoms with E-state index in [1.807, 2.05) is 6.07 Å². The van der Waals surface area contributed by atoms with Gasteiger partial charge in [0.1, 0.15) is 0 Å². The number of nitrogens with zero attached hydrogens (tertiary/aromatic N) is 1. The van der Waals surface area contributed by atoms with Gasteiger partial charge in [0.25, 0.3) is 0 Å². The van der Waals surface area contributed by atoms with Crippen molar-refractivity contribution in [3.05, 3.63) is 18.0 Å². The molecule has 0 aromatic carbocycles. The first kappa shape index (κ1) is 6.85. The van der Waals surface area contributed by atoms with Crippen LogP contribution in [0.3, 0.4) is 0 Å². The van der Waals surface area contributed by atoms with Crippen molar-refractivity contribution in [1.29, 1.82) is 0 Å². The largest absolute Gasteiger partial charge is 0.360 e. The zero-order valence-corrected chi connectivity index (χ0v) is 6.42. The minimum Gasteiger partial charge on any atom is -0.360 e. The van der Waals surface area contributed by atoms with E-state index in [4.69, 9.17) is 4.52 Å². The van der Waals surface area contributed by atoms with Crippen molar-refractivity contribution in [2.24, 2.45) is 0 Å². The molecule has 0 aliphatic carbocycles. The van der Waals surface area contributed by atoms with Crippen LogP contribution in [0.1, 0.15) is 31.1 Å². The maximum absolute atomic E-state index is 5.06. The average molecular weight is 152 g/mol. The van der Waals surface area contributed by atoms with Crippen molar-refractivity contribution in [1.82, 2.24) is 10.5 Å².